The standard InChI is InChI=1S/C8H17N3O4/c1-8(2,6-15-11(13)14)7(12)10-5-3-4-9/h3-6,9H2,1-2H3,(H,10,12). The molecule has 15 heavy (non-hydrogen) atoms. The van der Waals surface area contributed by atoms with E-state index in [0.717, 1.165) is 0 Å². The van der Waals surface area contributed by atoms with Gasteiger partial charge >= 0.3 is 0 Å². The first-order chi connectivity index (χ1) is 6.90. The smallest absolute Gasteiger partial charge is 0.294 e. The molecule has 0 saturated heterocycles. The summed E-state index contributed by atoms with van der Waals surface area (Å²) in [5, 5.41) is 11.7. The summed E-state index contributed by atoms with van der Waals surface area (Å²) in [6.07, 6.45) is 0.678. The molecule has 0 aliphatic carbocycles. The first-order valence-corrected chi connectivity index (χ1v) is 4.66. The van der Waals surface area contributed by atoms with E-state index in [-0.39, 0.29) is 12.5 Å². The minimum Gasteiger partial charge on any atom is -0.356 e. The molecule has 0 rings (SSSR count). The normalized spacial score (nSPS) is 10.9. The van der Waals surface area contributed by atoms with Crippen LogP contribution in [0.4, 0.5) is 0 Å². The summed E-state index contributed by atoms with van der Waals surface area (Å²) in [5.41, 5.74) is 4.34. The highest BCUT2D eigenvalue weighted by molar-refractivity contribution is 5.81. The Morgan fingerprint density at radius 2 is 2.20 bits per heavy atom. The number of carbonyl (C=O) groups is 1. The largest absolute Gasteiger partial charge is 0.356 e. The molecule has 0 unspecified atom stereocenters. The number of rotatable bonds is 7. The van der Waals surface area contributed by atoms with Crippen molar-refractivity contribution in [2.45, 2.75) is 20.3 Å². The number of amides is 1. The van der Waals surface area contributed by atoms with Crippen LogP contribution in [0.1, 0.15) is 20.3 Å². The molecule has 3 N–H and O–H groups in total. The molecule has 0 aromatic carbocycles. The lowest BCUT2D eigenvalue weighted by atomic mass is 9.94. The van der Waals surface area contributed by atoms with Gasteiger partial charge in [-0.3, -0.25) is 4.79 Å². The maximum atomic E-state index is 11.5. The van der Waals surface area contributed by atoms with E-state index in [0.29, 0.717) is 19.5 Å². The van der Waals surface area contributed by atoms with Gasteiger partial charge < -0.3 is 15.9 Å². The molecule has 0 aromatic heterocycles. The fraction of sp³-hybridized carbons (Fsp3) is 0.875. The second-order valence-corrected chi connectivity index (χ2v) is 3.78. The topological polar surface area (TPSA) is 107 Å². The van der Waals surface area contributed by atoms with Crippen molar-refractivity contribution in [3.63, 3.8) is 0 Å². The van der Waals surface area contributed by atoms with Crippen LogP contribution in [0.3, 0.4) is 0 Å². The van der Waals surface area contributed by atoms with Crippen LogP contribution in [-0.2, 0) is 9.63 Å². The highest BCUT2D eigenvalue weighted by Gasteiger charge is 2.28. The van der Waals surface area contributed by atoms with Crippen molar-refractivity contribution in [3.8, 4) is 0 Å². The highest BCUT2D eigenvalue weighted by atomic mass is 16.9. The molecule has 0 bridgehead atoms. The van der Waals surface area contributed by atoms with Gasteiger partial charge in [-0.15, -0.1) is 10.1 Å². The highest BCUT2D eigenvalue weighted by Crippen LogP contribution is 2.15. The van der Waals surface area contributed by atoms with Crippen LogP contribution in [0.5, 0.6) is 0 Å². The van der Waals surface area contributed by atoms with E-state index < -0.39 is 10.5 Å². The molecule has 0 spiro atoms. The second-order valence-electron chi connectivity index (χ2n) is 3.78. The van der Waals surface area contributed by atoms with Crippen molar-refractivity contribution in [1.29, 1.82) is 0 Å². The van der Waals surface area contributed by atoms with Gasteiger partial charge in [0.1, 0.15) is 6.61 Å². The van der Waals surface area contributed by atoms with Gasteiger partial charge in [0.2, 0.25) is 5.91 Å². The molecule has 88 valence electrons. The third-order valence-corrected chi connectivity index (χ3v) is 1.81. The zero-order chi connectivity index (χ0) is 11.9. The third kappa shape index (κ3) is 5.84. The van der Waals surface area contributed by atoms with Crippen molar-refractivity contribution < 1.29 is 14.7 Å². The fourth-order valence-corrected chi connectivity index (χ4v) is 0.823. The first-order valence-electron chi connectivity index (χ1n) is 4.66. The first kappa shape index (κ1) is 13.6. The lowest BCUT2D eigenvalue weighted by Crippen LogP contribution is -2.41. The number of hydrogen-bond acceptors (Lipinski definition) is 5. The Labute approximate surface area is 88.1 Å². The predicted octanol–water partition coefficient (Wildman–Crippen LogP) is -0.314. The maximum absolute atomic E-state index is 11.5. The minimum atomic E-state index is -0.915. The monoisotopic (exact) mass is 219 g/mol. The van der Waals surface area contributed by atoms with Crippen LogP contribution in [0.25, 0.3) is 0 Å². The van der Waals surface area contributed by atoms with Crippen molar-refractivity contribution in [2.24, 2.45) is 11.1 Å². The minimum absolute atomic E-state index is 0.255. The van der Waals surface area contributed by atoms with E-state index in [4.69, 9.17) is 5.73 Å². The second kappa shape index (κ2) is 6.18. The molecule has 7 heteroatoms. The molecule has 0 fully saturated rings. The third-order valence-electron chi connectivity index (χ3n) is 1.81. The molecule has 0 atom stereocenters. The molecule has 0 aromatic rings. The Morgan fingerprint density at radius 1 is 1.60 bits per heavy atom. The molecular formula is C8H17N3O4. The summed E-state index contributed by atoms with van der Waals surface area (Å²) < 4.78 is 0. The number of hydrogen-bond donors (Lipinski definition) is 2. The Morgan fingerprint density at radius 3 is 2.67 bits per heavy atom. The quantitative estimate of drug-likeness (QED) is 0.347. The molecule has 0 aliphatic rings. The lowest BCUT2D eigenvalue weighted by Gasteiger charge is -2.21. The zero-order valence-corrected chi connectivity index (χ0v) is 8.99. The van der Waals surface area contributed by atoms with Gasteiger partial charge in [-0.05, 0) is 26.8 Å². The van der Waals surface area contributed by atoms with Crippen LogP contribution in [0.15, 0.2) is 0 Å². The van der Waals surface area contributed by atoms with Gasteiger partial charge in [0, 0.05) is 6.54 Å². The lowest BCUT2D eigenvalue weighted by molar-refractivity contribution is -0.760. The summed E-state index contributed by atoms with van der Waals surface area (Å²) in [4.78, 5) is 25.6. The Balaban J connectivity index is 3.96. The van der Waals surface area contributed by atoms with Crippen LogP contribution in [0.2, 0.25) is 0 Å². The molecule has 7 nitrogen and oxygen atoms in total. The van der Waals surface area contributed by atoms with Gasteiger partial charge in [-0.25, -0.2) is 0 Å². The van der Waals surface area contributed by atoms with Gasteiger partial charge in [0.05, 0.1) is 5.41 Å². The van der Waals surface area contributed by atoms with E-state index in [1.807, 2.05) is 0 Å². The number of nitrogens with two attached hydrogens (primary N) is 1. The average Bonchev–Trinajstić information content (AvgIpc) is 2.15. The summed E-state index contributed by atoms with van der Waals surface area (Å²) in [7, 11) is 0. The molecule has 0 heterocycles. The number of carbonyl (C=O) groups excluding carboxylic acids is 1. The Bertz CT molecular complexity index is 230. The van der Waals surface area contributed by atoms with Gasteiger partial charge in [0.15, 0.2) is 0 Å². The van der Waals surface area contributed by atoms with E-state index in [1.165, 1.54) is 0 Å². The maximum Gasteiger partial charge on any atom is 0.294 e. The average molecular weight is 219 g/mol. The number of nitrogens with zero attached hydrogens (tertiary/aromatic N) is 1. The van der Waals surface area contributed by atoms with Crippen LogP contribution in [0, 0.1) is 15.5 Å². The molecule has 1 amide bonds. The van der Waals surface area contributed by atoms with Gasteiger partial charge in [0.25, 0.3) is 5.09 Å². The van der Waals surface area contributed by atoms with E-state index >= 15 is 0 Å². The van der Waals surface area contributed by atoms with Crippen molar-refractivity contribution in [2.75, 3.05) is 19.7 Å². The van der Waals surface area contributed by atoms with E-state index in [9.17, 15) is 14.9 Å². The van der Waals surface area contributed by atoms with Gasteiger partial charge in [-0.2, -0.15) is 0 Å². The predicted molar refractivity (Wildman–Crippen MR) is 53.4 cm³/mol. The summed E-state index contributed by atoms with van der Waals surface area (Å²) in [5.74, 6) is -0.280. The molecule has 0 aliphatic heterocycles. The molecule has 0 saturated carbocycles. The van der Waals surface area contributed by atoms with Crippen LogP contribution < -0.4 is 11.1 Å². The van der Waals surface area contributed by atoms with Crippen molar-refractivity contribution in [1.82, 2.24) is 5.32 Å². The van der Waals surface area contributed by atoms with Crippen molar-refractivity contribution in [3.05, 3.63) is 10.1 Å². The summed E-state index contributed by atoms with van der Waals surface area (Å²) >= 11 is 0. The summed E-state index contributed by atoms with van der Waals surface area (Å²) in [6, 6.07) is 0. The molecular weight excluding hydrogens is 202 g/mol. The summed E-state index contributed by atoms with van der Waals surface area (Å²) in [6.45, 7) is 3.86. The molecule has 0 radical (unpaired) electrons. The SMILES string of the molecule is CC(C)(CO[N+](=O)[O-])C(=O)NCCCN. The van der Waals surface area contributed by atoms with Crippen molar-refractivity contribution >= 4 is 5.91 Å². The Hall–Kier alpha value is -1.37. The number of nitrogens with one attached hydrogen (secondary N) is 1. The van der Waals surface area contributed by atoms with Gasteiger partial charge in [-0.1, -0.05) is 0 Å². The van der Waals surface area contributed by atoms with Crippen LogP contribution >= 0.6 is 0 Å². The van der Waals surface area contributed by atoms with E-state index in [2.05, 4.69) is 10.2 Å². The van der Waals surface area contributed by atoms with E-state index in [1.54, 1.807) is 13.8 Å². The zero-order valence-electron chi connectivity index (χ0n) is 8.99. The fourth-order valence-electron chi connectivity index (χ4n) is 0.823. The Kier molecular flexibility index (Phi) is 5.61. The van der Waals surface area contributed by atoms with Crippen LogP contribution in [-0.4, -0.2) is 30.7 Å².